The lowest BCUT2D eigenvalue weighted by molar-refractivity contribution is -0.133. The minimum Gasteiger partial charge on any atom is -0.387 e. The van der Waals surface area contributed by atoms with Gasteiger partial charge in [-0.15, -0.1) is 24.8 Å². The Hall–Kier alpha value is -1.64. The molecule has 0 bridgehead atoms. The summed E-state index contributed by atoms with van der Waals surface area (Å²) in [6, 6.07) is 7.87. The highest BCUT2D eigenvalue weighted by atomic mass is 35.5. The molecule has 2 saturated heterocycles. The number of aliphatic hydroxyl groups excluding tert-OH is 1. The van der Waals surface area contributed by atoms with Crippen LogP contribution in [0.3, 0.4) is 0 Å². The second-order valence-electron chi connectivity index (χ2n) is 9.19. The minimum absolute atomic E-state index is 0. The van der Waals surface area contributed by atoms with E-state index < -0.39 is 6.10 Å². The van der Waals surface area contributed by atoms with Crippen LogP contribution in [0.2, 0.25) is 5.02 Å². The van der Waals surface area contributed by atoms with E-state index in [0.717, 1.165) is 55.1 Å². The van der Waals surface area contributed by atoms with E-state index in [1.807, 2.05) is 29.2 Å². The zero-order chi connectivity index (χ0) is 22.2. The predicted octanol–water partition coefficient (Wildman–Crippen LogP) is 3.70. The molecule has 2 unspecified atom stereocenters. The first-order valence-corrected chi connectivity index (χ1v) is 12.0. The van der Waals surface area contributed by atoms with Gasteiger partial charge in [-0.05, 0) is 49.4 Å². The second-order valence-corrected chi connectivity index (χ2v) is 9.63. The van der Waals surface area contributed by atoms with Crippen LogP contribution in [0.5, 0.6) is 0 Å². The molecule has 5 rings (SSSR count). The molecule has 1 aromatic heterocycles. The molecule has 186 valence electrons. The van der Waals surface area contributed by atoms with Crippen molar-refractivity contribution in [1.29, 1.82) is 0 Å². The van der Waals surface area contributed by atoms with E-state index in [1.54, 1.807) is 6.33 Å². The van der Waals surface area contributed by atoms with Crippen molar-refractivity contribution in [1.82, 2.24) is 20.2 Å². The normalized spacial score (nSPS) is 24.7. The zero-order valence-corrected chi connectivity index (χ0v) is 21.6. The Kier molecular flexibility index (Phi) is 9.04. The number of amides is 1. The van der Waals surface area contributed by atoms with Crippen LogP contribution < -0.4 is 10.2 Å². The average molecular weight is 529 g/mol. The van der Waals surface area contributed by atoms with E-state index in [0.29, 0.717) is 24.5 Å². The molecule has 7 nitrogen and oxygen atoms in total. The Morgan fingerprint density at radius 3 is 2.50 bits per heavy atom. The standard InChI is InChI=1S/C24H30ClN5O2.2ClH/c1-15-13-19(31)22-20(15)23(28-14-27-22)29-9-11-30(12-10-29)24(32)21(18-3-2-8-26-18)16-4-6-17(25)7-5-16;;/h4-7,14-15,18-19,21,26,31H,2-3,8-13H2,1H3;2*1H/t15-,18?,19-,21?;;/m1../s1. The number of rotatable bonds is 4. The largest absolute Gasteiger partial charge is 0.387 e. The van der Waals surface area contributed by atoms with Crippen LogP contribution in [0, 0.1) is 0 Å². The van der Waals surface area contributed by atoms with Crippen molar-refractivity contribution in [2.24, 2.45) is 0 Å². The molecule has 1 aromatic carbocycles. The molecule has 4 atom stereocenters. The summed E-state index contributed by atoms with van der Waals surface area (Å²) in [6.07, 6.45) is 3.83. The Labute approximate surface area is 218 Å². The van der Waals surface area contributed by atoms with Crippen molar-refractivity contribution in [3.63, 3.8) is 0 Å². The van der Waals surface area contributed by atoms with Crippen LogP contribution in [-0.2, 0) is 4.79 Å². The van der Waals surface area contributed by atoms with E-state index >= 15 is 0 Å². The maximum atomic E-state index is 13.7. The molecule has 0 saturated carbocycles. The SMILES string of the molecule is C[C@@H]1C[C@@H](O)c2ncnc(N3CCN(C(=O)C(c4ccc(Cl)cc4)C4CCCN4)CC3)c21.Cl.Cl. The molecule has 0 spiro atoms. The summed E-state index contributed by atoms with van der Waals surface area (Å²) in [6.45, 7) is 5.84. The third kappa shape index (κ3) is 5.14. The number of piperazine rings is 1. The number of aromatic nitrogens is 2. The van der Waals surface area contributed by atoms with Gasteiger partial charge in [0.15, 0.2) is 0 Å². The molecular formula is C24H32Cl3N5O2. The Bertz CT molecular complexity index is 979. The number of aliphatic hydroxyl groups is 1. The molecule has 2 fully saturated rings. The molecule has 3 heterocycles. The fraction of sp³-hybridized carbons (Fsp3) is 0.542. The molecule has 1 aliphatic carbocycles. The topological polar surface area (TPSA) is 81.6 Å². The van der Waals surface area contributed by atoms with Gasteiger partial charge >= 0.3 is 0 Å². The predicted molar refractivity (Wildman–Crippen MR) is 139 cm³/mol. The van der Waals surface area contributed by atoms with Crippen LogP contribution in [0.1, 0.15) is 60.9 Å². The number of carbonyl (C=O) groups is 1. The maximum absolute atomic E-state index is 13.7. The summed E-state index contributed by atoms with van der Waals surface area (Å²) in [5, 5.41) is 14.5. The Morgan fingerprint density at radius 2 is 1.85 bits per heavy atom. The maximum Gasteiger partial charge on any atom is 0.231 e. The van der Waals surface area contributed by atoms with Crippen molar-refractivity contribution in [3.8, 4) is 0 Å². The lowest BCUT2D eigenvalue weighted by atomic mass is 9.89. The van der Waals surface area contributed by atoms with E-state index in [-0.39, 0.29) is 48.6 Å². The number of hydrogen-bond acceptors (Lipinski definition) is 6. The van der Waals surface area contributed by atoms with Gasteiger partial charge in [-0.1, -0.05) is 30.7 Å². The van der Waals surface area contributed by atoms with Crippen molar-refractivity contribution in [3.05, 3.63) is 52.4 Å². The van der Waals surface area contributed by atoms with E-state index in [2.05, 4.69) is 27.1 Å². The number of anilines is 1. The van der Waals surface area contributed by atoms with E-state index in [9.17, 15) is 9.90 Å². The molecule has 3 aliphatic rings. The third-order valence-electron chi connectivity index (χ3n) is 7.17. The zero-order valence-electron chi connectivity index (χ0n) is 19.2. The number of benzene rings is 1. The summed E-state index contributed by atoms with van der Waals surface area (Å²) in [5.41, 5.74) is 2.85. The Balaban J connectivity index is 0.00000162. The van der Waals surface area contributed by atoms with Gasteiger partial charge in [0.25, 0.3) is 0 Å². The van der Waals surface area contributed by atoms with Gasteiger partial charge in [-0.2, -0.15) is 0 Å². The highest BCUT2D eigenvalue weighted by Gasteiger charge is 2.37. The van der Waals surface area contributed by atoms with Crippen molar-refractivity contribution < 1.29 is 9.90 Å². The molecule has 1 amide bonds. The minimum atomic E-state index is -0.510. The van der Waals surface area contributed by atoms with Gasteiger partial charge in [0.1, 0.15) is 12.1 Å². The van der Waals surface area contributed by atoms with Crippen LogP contribution >= 0.6 is 36.4 Å². The molecule has 2 aliphatic heterocycles. The monoisotopic (exact) mass is 527 g/mol. The first-order chi connectivity index (χ1) is 15.5. The van der Waals surface area contributed by atoms with Gasteiger partial charge in [0.2, 0.25) is 5.91 Å². The molecule has 0 radical (unpaired) electrons. The fourth-order valence-electron chi connectivity index (χ4n) is 5.50. The first-order valence-electron chi connectivity index (χ1n) is 11.6. The second kappa shape index (κ2) is 11.4. The van der Waals surface area contributed by atoms with Gasteiger partial charge in [-0.25, -0.2) is 9.97 Å². The third-order valence-corrected chi connectivity index (χ3v) is 7.42. The van der Waals surface area contributed by atoms with Crippen molar-refractivity contribution in [2.75, 3.05) is 37.6 Å². The van der Waals surface area contributed by atoms with Gasteiger partial charge in [0.05, 0.1) is 17.7 Å². The molecule has 10 heteroatoms. The van der Waals surface area contributed by atoms with Crippen LogP contribution in [0.25, 0.3) is 0 Å². The molecule has 2 N–H and O–H groups in total. The number of halogens is 3. The molecule has 34 heavy (non-hydrogen) atoms. The number of fused-ring (bicyclic) bond motifs is 1. The summed E-state index contributed by atoms with van der Waals surface area (Å²) < 4.78 is 0. The van der Waals surface area contributed by atoms with Crippen LogP contribution in [-0.4, -0.2) is 64.6 Å². The number of carbonyl (C=O) groups excluding carboxylic acids is 1. The number of hydrogen-bond donors (Lipinski definition) is 2. The van der Waals surface area contributed by atoms with E-state index in [4.69, 9.17) is 11.6 Å². The lowest BCUT2D eigenvalue weighted by Crippen LogP contribution is -2.52. The van der Waals surface area contributed by atoms with Gasteiger partial charge in [0, 0.05) is 42.8 Å². The smallest absolute Gasteiger partial charge is 0.231 e. The number of nitrogens with one attached hydrogen (secondary N) is 1. The van der Waals surface area contributed by atoms with Gasteiger partial charge in [-0.3, -0.25) is 4.79 Å². The first kappa shape index (κ1) is 27.0. The summed E-state index contributed by atoms with van der Waals surface area (Å²) in [4.78, 5) is 26.8. The van der Waals surface area contributed by atoms with Crippen molar-refractivity contribution in [2.45, 2.75) is 50.2 Å². The van der Waals surface area contributed by atoms with Crippen molar-refractivity contribution >= 4 is 48.1 Å². The Morgan fingerprint density at radius 1 is 1.15 bits per heavy atom. The highest BCUT2D eigenvalue weighted by molar-refractivity contribution is 6.30. The fourth-order valence-corrected chi connectivity index (χ4v) is 5.63. The summed E-state index contributed by atoms with van der Waals surface area (Å²) in [7, 11) is 0. The van der Waals surface area contributed by atoms with E-state index in [1.165, 1.54) is 0 Å². The quantitative estimate of drug-likeness (QED) is 0.630. The van der Waals surface area contributed by atoms with Crippen LogP contribution in [0.4, 0.5) is 5.82 Å². The number of nitrogens with zero attached hydrogens (tertiary/aromatic N) is 4. The average Bonchev–Trinajstić information content (AvgIpc) is 3.44. The van der Waals surface area contributed by atoms with Gasteiger partial charge < -0.3 is 20.2 Å². The summed E-state index contributed by atoms with van der Waals surface area (Å²) in [5.74, 6) is 1.14. The lowest BCUT2D eigenvalue weighted by Gasteiger charge is -2.38. The molecular weight excluding hydrogens is 497 g/mol. The highest BCUT2D eigenvalue weighted by Crippen LogP contribution is 2.42. The van der Waals surface area contributed by atoms with Crippen LogP contribution in [0.15, 0.2) is 30.6 Å². The molecule has 2 aromatic rings. The summed E-state index contributed by atoms with van der Waals surface area (Å²) >= 11 is 6.10.